The molecule has 0 aliphatic rings. The van der Waals surface area contributed by atoms with Crippen LogP contribution in [0.15, 0.2) is 0 Å². The van der Waals surface area contributed by atoms with E-state index in [9.17, 15) is 9.59 Å². The third-order valence-corrected chi connectivity index (χ3v) is 2.97. The average molecular weight is 232 g/mol. The van der Waals surface area contributed by atoms with Gasteiger partial charge in [0.05, 0.1) is 12.0 Å². The minimum Gasteiger partial charge on any atom is -0.479 e. The number of aliphatic hydroxyl groups is 1. The van der Waals surface area contributed by atoms with E-state index in [2.05, 4.69) is 5.32 Å². The van der Waals surface area contributed by atoms with Crippen molar-refractivity contribution in [2.45, 2.75) is 32.8 Å². The molecule has 94 valence electrons. The molecule has 6 heteroatoms. The highest BCUT2D eigenvalue weighted by molar-refractivity contribution is 5.83. The van der Waals surface area contributed by atoms with Gasteiger partial charge in [0.2, 0.25) is 5.91 Å². The maximum absolute atomic E-state index is 11.8. The van der Waals surface area contributed by atoms with Crippen LogP contribution in [-0.2, 0) is 9.59 Å². The maximum atomic E-state index is 11.8. The topological polar surface area (TPSA) is 113 Å². The molecule has 0 bridgehead atoms. The lowest BCUT2D eigenvalue weighted by Gasteiger charge is -2.28. The van der Waals surface area contributed by atoms with E-state index in [4.69, 9.17) is 15.9 Å². The fraction of sp³-hybridized carbons (Fsp3) is 0.800. The van der Waals surface area contributed by atoms with Crippen molar-refractivity contribution in [3.63, 3.8) is 0 Å². The molecule has 1 atom stereocenters. The summed E-state index contributed by atoms with van der Waals surface area (Å²) in [5.74, 6) is -1.66. The van der Waals surface area contributed by atoms with Crippen molar-refractivity contribution in [1.82, 2.24) is 5.32 Å². The van der Waals surface area contributed by atoms with Crippen LogP contribution >= 0.6 is 0 Å². The Hall–Kier alpha value is -1.14. The van der Waals surface area contributed by atoms with Gasteiger partial charge in [-0.05, 0) is 12.8 Å². The van der Waals surface area contributed by atoms with Crippen molar-refractivity contribution < 1.29 is 19.8 Å². The number of rotatable bonds is 7. The van der Waals surface area contributed by atoms with Crippen LogP contribution in [0.4, 0.5) is 0 Å². The van der Waals surface area contributed by atoms with Crippen LogP contribution in [0, 0.1) is 5.41 Å². The van der Waals surface area contributed by atoms with Crippen molar-refractivity contribution in [1.29, 1.82) is 0 Å². The van der Waals surface area contributed by atoms with Gasteiger partial charge in [-0.2, -0.15) is 0 Å². The number of carboxylic acids is 1. The molecular weight excluding hydrogens is 212 g/mol. The van der Waals surface area contributed by atoms with Gasteiger partial charge in [-0.3, -0.25) is 4.79 Å². The van der Waals surface area contributed by atoms with Crippen LogP contribution in [0.25, 0.3) is 0 Å². The molecule has 1 amide bonds. The zero-order chi connectivity index (χ0) is 12.8. The van der Waals surface area contributed by atoms with Crippen LogP contribution in [0.1, 0.15) is 26.7 Å². The summed E-state index contributed by atoms with van der Waals surface area (Å²) < 4.78 is 0. The Kier molecular flexibility index (Phi) is 5.98. The second kappa shape index (κ2) is 6.44. The number of nitrogens with two attached hydrogens (primary N) is 1. The van der Waals surface area contributed by atoms with Gasteiger partial charge in [0.1, 0.15) is 0 Å². The molecule has 0 aliphatic carbocycles. The Balaban J connectivity index is 4.38. The Morgan fingerprint density at radius 3 is 2.19 bits per heavy atom. The number of hydrogen-bond acceptors (Lipinski definition) is 4. The van der Waals surface area contributed by atoms with Crippen LogP contribution in [0.3, 0.4) is 0 Å². The molecule has 5 N–H and O–H groups in total. The van der Waals surface area contributed by atoms with Gasteiger partial charge in [0.15, 0.2) is 6.10 Å². The molecule has 0 saturated carbocycles. The lowest BCUT2D eigenvalue weighted by atomic mass is 9.81. The van der Waals surface area contributed by atoms with Crippen LogP contribution in [0.2, 0.25) is 0 Å². The van der Waals surface area contributed by atoms with E-state index in [1.807, 2.05) is 13.8 Å². The summed E-state index contributed by atoms with van der Waals surface area (Å²) in [7, 11) is 0. The highest BCUT2D eigenvalue weighted by Crippen LogP contribution is 2.24. The summed E-state index contributed by atoms with van der Waals surface area (Å²) in [5, 5.41) is 19.9. The van der Waals surface area contributed by atoms with E-state index in [-0.39, 0.29) is 19.0 Å². The Bertz CT molecular complexity index is 243. The number of amides is 1. The standard InChI is InChI=1S/C10H20N2O4/c1-3-10(4-2,6-11)9(16)12-5-7(13)8(14)15/h7,13H,3-6,11H2,1-2H3,(H,12,16)(H,14,15)/t7-/m0/s1. The smallest absolute Gasteiger partial charge is 0.334 e. The predicted molar refractivity (Wildman–Crippen MR) is 58.7 cm³/mol. The average Bonchev–Trinajstić information content (AvgIpc) is 2.28. The molecule has 0 heterocycles. The lowest BCUT2D eigenvalue weighted by Crippen LogP contribution is -2.48. The van der Waals surface area contributed by atoms with Crippen LogP contribution < -0.4 is 11.1 Å². The second-order valence-corrected chi connectivity index (χ2v) is 3.76. The molecule has 0 unspecified atom stereocenters. The molecule has 0 aromatic carbocycles. The van der Waals surface area contributed by atoms with Crippen LogP contribution in [-0.4, -0.2) is 41.3 Å². The molecule has 16 heavy (non-hydrogen) atoms. The van der Waals surface area contributed by atoms with E-state index in [0.29, 0.717) is 12.8 Å². The Labute approximate surface area is 94.8 Å². The predicted octanol–water partition coefficient (Wildman–Crippen LogP) is -0.687. The number of carbonyl (C=O) groups excluding carboxylic acids is 1. The van der Waals surface area contributed by atoms with E-state index in [1.54, 1.807) is 0 Å². The zero-order valence-electron chi connectivity index (χ0n) is 9.69. The van der Waals surface area contributed by atoms with Crippen LogP contribution in [0.5, 0.6) is 0 Å². The largest absolute Gasteiger partial charge is 0.479 e. The minimum atomic E-state index is -1.58. The summed E-state index contributed by atoms with van der Waals surface area (Å²) in [6.45, 7) is 3.61. The number of carbonyl (C=O) groups is 2. The summed E-state index contributed by atoms with van der Waals surface area (Å²) in [5.41, 5.74) is 4.89. The number of aliphatic carboxylic acids is 1. The van der Waals surface area contributed by atoms with Gasteiger partial charge < -0.3 is 21.3 Å². The molecule has 0 saturated heterocycles. The number of hydrogen-bond donors (Lipinski definition) is 4. The second-order valence-electron chi connectivity index (χ2n) is 3.76. The van der Waals surface area contributed by atoms with Gasteiger partial charge in [-0.25, -0.2) is 4.79 Å². The molecule has 0 spiro atoms. The third kappa shape index (κ3) is 3.46. The molecule has 0 aromatic rings. The van der Waals surface area contributed by atoms with Gasteiger partial charge in [0, 0.05) is 6.54 Å². The highest BCUT2D eigenvalue weighted by atomic mass is 16.4. The maximum Gasteiger partial charge on any atom is 0.334 e. The summed E-state index contributed by atoms with van der Waals surface area (Å²) >= 11 is 0. The molecular formula is C10H20N2O4. The van der Waals surface area contributed by atoms with Crippen molar-refractivity contribution in [3.05, 3.63) is 0 Å². The molecule has 0 radical (unpaired) electrons. The first-order chi connectivity index (χ1) is 7.43. The van der Waals surface area contributed by atoms with E-state index < -0.39 is 17.5 Å². The zero-order valence-corrected chi connectivity index (χ0v) is 9.69. The Morgan fingerprint density at radius 1 is 1.38 bits per heavy atom. The number of aliphatic hydroxyl groups excluding tert-OH is 1. The molecule has 0 rings (SSSR count). The Morgan fingerprint density at radius 2 is 1.88 bits per heavy atom. The van der Waals surface area contributed by atoms with Crippen molar-refractivity contribution in [2.24, 2.45) is 11.1 Å². The van der Waals surface area contributed by atoms with Crippen molar-refractivity contribution >= 4 is 11.9 Å². The van der Waals surface area contributed by atoms with Gasteiger partial charge in [0.25, 0.3) is 0 Å². The van der Waals surface area contributed by atoms with Crippen molar-refractivity contribution in [3.8, 4) is 0 Å². The SMILES string of the molecule is CCC(CC)(CN)C(=O)NC[C@H](O)C(=O)O. The first kappa shape index (κ1) is 14.9. The normalized spacial score (nSPS) is 13.2. The summed E-state index contributed by atoms with van der Waals surface area (Å²) in [6.07, 6.45) is -0.419. The van der Waals surface area contributed by atoms with Gasteiger partial charge >= 0.3 is 5.97 Å². The molecule has 6 nitrogen and oxygen atoms in total. The number of nitrogens with one attached hydrogen (secondary N) is 1. The first-order valence-electron chi connectivity index (χ1n) is 5.32. The molecule has 0 fully saturated rings. The summed E-state index contributed by atoms with van der Waals surface area (Å²) in [4.78, 5) is 22.1. The third-order valence-electron chi connectivity index (χ3n) is 2.97. The fourth-order valence-corrected chi connectivity index (χ4v) is 1.42. The summed E-state index contributed by atoms with van der Waals surface area (Å²) in [6, 6.07) is 0. The van der Waals surface area contributed by atoms with E-state index in [1.165, 1.54) is 0 Å². The first-order valence-corrected chi connectivity index (χ1v) is 5.32. The lowest BCUT2D eigenvalue weighted by molar-refractivity contribution is -0.146. The number of carboxylic acid groups (broad SMARTS) is 1. The monoisotopic (exact) mass is 232 g/mol. The molecule has 0 aliphatic heterocycles. The van der Waals surface area contributed by atoms with E-state index >= 15 is 0 Å². The van der Waals surface area contributed by atoms with Gasteiger partial charge in [-0.15, -0.1) is 0 Å². The quantitative estimate of drug-likeness (QED) is 0.464. The van der Waals surface area contributed by atoms with Crippen molar-refractivity contribution in [2.75, 3.05) is 13.1 Å². The highest BCUT2D eigenvalue weighted by Gasteiger charge is 2.33. The fourth-order valence-electron chi connectivity index (χ4n) is 1.42. The minimum absolute atomic E-state index is 0.203. The molecule has 0 aromatic heterocycles. The van der Waals surface area contributed by atoms with Gasteiger partial charge in [-0.1, -0.05) is 13.8 Å². The van der Waals surface area contributed by atoms with E-state index in [0.717, 1.165) is 0 Å².